The van der Waals surface area contributed by atoms with Crippen LogP contribution in [0, 0.1) is 0 Å². The van der Waals surface area contributed by atoms with E-state index in [1.54, 1.807) is 17.1 Å². The first-order valence-electron chi connectivity index (χ1n) is 4.51. The number of aromatic nitrogens is 3. The molecule has 0 spiro atoms. The Hall–Kier alpha value is -1.14. The Morgan fingerprint density at radius 3 is 3.00 bits per heavy atom. The average molecular weight is 272 g/mol. The van der Waals surface area contributed by atoms with E-state index in [9.17, 15) is 5.11 Å². The second-order valence-corrected chi connectivity index (χ2v) is 3.79. The lowest BCUT2D eigenvalue weighted by molar-refractivity contribution is 0.188. The predicted molar refractivity (Wildman–Crippen MR) is 56.2 cm³/mol. The Labute approximate surface area is 94.9 Å². The third kappa shape index (κ3) is 1.95. The molecule has 6 heteroatoms. The van der Waals surface area contributed by atoms with Crippen molar-refractivity contribution in [3.63, 3.8) is 0 Å². The molecular formula is C9H10BrN3O2. The summed E-state index contributed by atoms with van der Waals surface area (Å²) in [6.45, 7) is 2.75. The standard InChI is InChI=1S/C9H10BrN3O2/c1-2-13-4-6(3-12-13)7(14)8-9(10)11-5-15-8/h3-5,7,14H,2H2,1H3. The molecule has 15 heavy (non-hydrogen) atoms. The molecule has 80 valence electrons. The van der Waals surface area contributed by atoms with Crippen molar-refractivity contribution >= 4 is 15.9 Å². The summed E-state index contributed by atoms with van der Waals surface area (Å²) in [5, 5.41) is 14.0. The van der Waals surface area contributed by atoms with Crippen LogP contribution in [-0.2, 0) is 6.54 Å². The monoisotopic (exact) mass is 271 g/mol. The molecule has 1 unspecified atom stereocenters. The van der Waals surface area contributed by atoms with Crippen LogP contribution in [0.3, 0.4) is 0 Å². The van der Waals surface area contributed by atoms with Crippen molar-refractivity contribution in [3.8, 4) is 0 Å². The van der Waals surface area contributed by atoms with Crippen molar-refractivity contribution in [3.05, 3.63) is 34.7 Å². The maximum absolute atomic E-state index is 9.95. The molecule has 0 saturated carbocycles. The molecule has 2 heterocycles. The van der Waals surface area contributed by atoms with Crippen LogP contribution in [0.4, 0.5) is 0 Å². The number of aryl methyl sites for hydroxylation is 1. The van der Waals surface area contributed by atoms with Gasteiger partial charge in [-0.1, -0.05) is 0 Å². The molecule has 2 rings (SSSR count). The Bertz CT molecular complexity index is 452. The Balaban J connectivity index is 2.28. The summed E-state index contributed by atoms with van der Waals surface area (Å²) in [4.78, 5) is 3.85. The van der Waals surface area contributed by atoms with E-state index in [0.29, 0.717) is 15.9 Å². The summed E-state index contributed by atoms with van der Waals surface area (Å²) in [5.74, 6) is 0.394. The van der Waals surface area contributed by atoms with E-state index in [1.807, 2.05) is 6.92 Å². The van der Waals surface area contributed by atoms with Crippen LogP contribution in [0.5, 0.6) is 0 Å². The van der Waals surface area contributed by atoms with Gasteiger partial charge in [-0.2, -0.15) is 5.10 Å². The van der Waals surface area contributed by atoms with Crippen molar-refractivity contribution in [1.29, 1.82) is 0 Å². The van der Waals surface area contributed by atoms with Gasteiger partial charge in [0.15, 0.2) is 16.8 Å². The van der Waals surface area contributed by atoms with Gasteiger partial charge in [0.1, 0.15) is 6.10 Å². The van der Waals surface area contributed by atoms with Gasteiger partial charge in [0.2, 0.25) is 0 Å². The number of hydrogen-bond acceptors (Lipinski definition) is 4. The molecule has 2 aromatic heterocycles. The average Bonchev–Trinajstić information content (AvgIpc) is 2.84. The fourth-order valence-corrected chi connectivity index (χ4v) is 1.66. The fraction of sp³-hybridized carbons (Fsp3) is 0.333. The molecule has 0 aliphatic heterocycles. The molecule has 5 nitrogen and oxygen atoms in total. The van der Waals surface area contributed by atoms with Gasteiger partial charge in [0.05, 0.1) is 6.20 Å². The van der Waals surface area contributed by atoms with Gasteiger partial charge >= 0.3 is 0 Å². The SMILES string of the molecule is CCn1cc(C(O)c2ocnc2Br)cn1. The lowest BCUT2D eigenvalue weighted by Crippen LogP contribution is -1.98. The van der Waals surface area contributed by atoms with Crippen molar-refractivity contribution in [2.75, 3.05) is 0 Å². The fourth-order valence-electron chi connectivity index (χ4n) is 1.26. The first kappa shape index (κ1) is 10.4. The molecule has 0 aromatic carbocycles. The van der Waals surface area contributed by atoms with Crippen LogP contribution in [-0.4, -0.2) is 19.9 Å². The van der Waals surface area contributed by atoms with Crippen LogP contribution in [0.2, 0.25) is 0 Å². The lowest BCUT2D eigenvalue weighted by Gasteiger charge is -2.03. The molecule has 1 atom stereocenters. The van der Waals surface area contributed by atoms with E-state index in [-0.39, 0.29) is 0 Å². The highest BCUT2D eigenvalue weighted by molar-refractivity contribution is 9.10. The molecule has 0 aliphatic carbocycles. The highest BCUT2D eigenvalue weighted by Gasteiger charge is 2.19. The minimum absolute atomic E-state index is 0.394. The molecule has 0 bridgehead atoms. The van der Waals surface area contributed by atoms with Gasteiger partial charge in [-0.15, -0.1) is 0 Å². The number of halogens is 1. The van der Waals surface area contributed by atoms with Gasteiger partial charge in [-0.25, -0.2) is 4.98 Å². The van der Waals surface area contributed by atoms with Crippen LogP contribution in [0.25, 0.3) is 0 Å². The largest absolute Gasteiger partial charge is 0.444 e. The first-order valence-corrected chi connectivity index (χ1v) is 5.31. The zero-order valence-corrected chi connectivity index (χ0v) is 9.68. The second kappa shape index (κ2) is 4.16. The Morgan fingerprint density at radius 2 is 2.47 bits per heavy atom. The number of aliphatic hydroxyl groups excluding tert-OH is 1. The van der Waals surface area contributed by atoms with Crippen molar-refractivity contribution in [2.24, 2.45) is 0 Å². The van der Waals surface area contributed by atoms with Crippen molar-refractivity contribution < 1.29 is 9.52 Å². The quantitative estimate of drug-likeness (QED) is 0.924. The van der Waals surface area contributed by atoms with Crippen LogP contribution in [0.15, 0.2) is 27.8 Å². The van der Waals surface area contributed by atoms with Gasteiger partial charge in [0, 0.05) is 18.3 Å². The highest BCUT2D eigenvalue weighted by Crippen LogP contribution is 2.27. The van der Waals surface area contributed by atoms with Gasteiger partial charge in [0.25, 0.3) is 0 Å². The van der Waals surface area contributed by atoms with E-state index in [0.717, 1.165) is 6.54 Å². The van der Waals surface area contributed by atoms with Gasteiger partial charge < -0.3 is 9.52 Å². The zero-order chi connectivity index (χ0) is 10.8. The maximum Gasteiger partial charge on any atom is 0.182 e. The number of oxazole rings is 1. The molecule has 2 aromatic rings. The van der Waals surface area contributed by atoms with Crippen LogP contribution < -0.4 is 0 Å². The normalized spacial score (nSPS) is 13.0. The first-order chi connectivity index (χ1) is 7.22. The molecular weight excluding hydrogens is 262 g/mol. The number of aliphatic hydroxyl groups is 1. The van der Waals surface area contributed by atoms with Crippen molar-refractivity contribution in [2.45, 2.75) is 19.6 Å². The third-order valence-corrected chi connectivity index (χ3v) is 2.69. The summed E-state index contributed by atoms with van der Waals surface area (Å²) >= 11 is 3.20. The number of hydrogen-bond donors (Lipinski definition) is 1. The van der Waals surface area contributed by atoms with Crippen molar-refractivity contribution in [1.82, 2.24) is 14.8 Å². The topological polar surface area (TPSA) is 64.1 Å². The Morgan fingerprint density at radius 1 is 1.67 bits per heavy atom. The summed E-state index contributed by atoms with van der Waals surface area (Å²) < 4.78 is 7.33. The highest BCUT2D eigenvalue weighted by atomic mass is 79.9. The van der Waals surface area contributed by atoms with E-state index < -0.39 is 6.10 Å². The lowest BCUT2D eigenvalue weighted by atomic mass is 10.2. The van der Waals surface area contributed by atoms with E-state index >= 15 is 0 Å². The molecule has 0 fully saturated rings. The molecule has 0 amide bonds. The maximum atomic E-state index is 9.95. The van der Waals surface area contributed by atoms with Crippen LogP contribution in [0.1, 0.15) is 24.4 Å². The third-order valence-electron chi connectivity index (χ3n) is 2.09. The summed E-state index contributed by atoms with van der Waals surface area (Å²) in [6.07, 6.45) is 3.84. The molecule has 1 N–H and O–H groups in total. The summed E-state index contributed by atoms with van der Waals surface area (Å²) in [5.41, 5.74) is 0.689. The van der Waals surface area contributed by atoms with Crippen LogP contribution >= 0.6 is 15.9 Å². The summed E-state index contributed by atoms with van der Waals surface area (Å²) in [7, 11) is 0. The molecule has 0 radical (unpaired) electrons. The minimum Gasteiger partial charge on any atom is -0.444 e. The number of nitrogens with zero attached hydrogens (tertiary/aromatic N) is 3. The van der Waals surface area contributed by atoms with Gasteiger partial charge in [-0.05, 0) is 22.9 Å². The smallest absolute Gasteiger partial charge is 0.182 e. The Kier molecular flexibility index (Phi) is 2.88. The van der Waals surface area contributed by atoms with E-state index in [4.69, 9.17) is 4.42 Å². The second-order valence-electron chi connectivity index (χ2n) is 3.04. The van der Waals surface area contributed by atoms with E-state index in [2.05, 4.69) is 26.0 Å². The zero-order valence-electron chi connectivity index (χ0n) is 8.09. The number of rotatable bonds is 3. The molecule has 0 aliphatic rings. The predicted octanol–water partition coefficient (Wildman–Crippen LogP) is 1.74. The minimum atomic E-state index is -0.831. The molecule has 0 saturated heterocycles. The van der Waals surface area contributed by atoms with E-state index in [1.165, 1.54) is 6.39 Å². The van der Waals surface area contributed by atoms with Gasteiger partial charge in [-0.3, -0.25) is 4.68 Å². The summed E-state index contributed by atoms with van der Waals surface area (Å²) in [6, 6.07) is 0.